The first kappa shape index (κ1) is 41.8. The lowest BCUT2D eigenvalue weighted by atomic mass is 9.43. The molecule has 3 aliphatic heterocycles. The highest BCUT2D eigenvalue weighted by molar-refractivity contribution is 6.48. The molecule has 4 unspecified atom stereocenters. The molecule has 2 N–H and O–H groups in total. The average molecular weight is 775 g/mol. The summed E-state index contributed by atoms with van der Waals surface area (Å²) in [6.45, 7) is 20.5. The van der Waals surface area contributed by atoms with Crippen LogP contribution in [0.2, 0.25) is 0 Å². The Labute approximate surface area is 333 Å². The minimum absolute atomic E-state index is 0.0181. The first-order chi connectivity index (χ1) is 26.5. The Bertz CT molecular complexity index is 1620. The highest BCUT2D eigenvalue weighted by Crippen LogP contribution is 2.65. The number of alkyl carbamates (subject to hydrolysis) is 1. The summed E-state index contributed by atoms with van der Waals surface area (Å²) in [4.78, 5) is 58.4. The fourth-order valence-corrected chi connectivity index (χ4v) is 9.73. The Balaban J connectivity index is 1.20. The fourth-order valence-electron chi connectivity index (χ4n) is 9.73. The molecule has 5 fully saturated rings. The van der Waals surface area contributed by atoms with Crippen molar-refractivity contribution in [2.24, 2.45) is 17.3 Å². The molecule has 0 radical (unpaired) electrons. The van der Waals surface area contributed by atoms with Crippen LogP contribution in [0.25, 0.3) is 0 Å². The van der Waals surface area contributed by atoms with E-state index in [0.717, 1.165) is 56.1 Å². The standard InChI is InChI=1S/C43H63BN4O8/c1-9-11-12-13-14-15-21-36(44-55-35-23-30-22-34(42(30,6)7)43(35,8)56-44)46-37(49)33-24-31(53-40(52)47-25-28-19-16-17-20-29(28)26-47)27-48(33)38(50)32(18-10-2)45-39(51)54-41(3,4)5/h9-10,16-17,19-20,30-36H,1-2,11-15,18,21-27H2,3-8H3,(H,45,51)(H,46,49)/t30?,31-,32+,33+,34?,35?,36-,43?/m1/s1. The molecule has 13 heteroatoms. The third-order valence-electron chi connectivity index (χ3n) is 12.9. The van der Waals surface area contributed by atoms with Gasteiger partial charge in [-0.25, -0.2) is 9.59 Å². The zero-order valence-electron chi connectivity index (χ0n) is 34.3. The molecule has 8 atom stereocenters. The van der Waals surface area contributed by atoms with Gasteiger partial charge in [-0.2, -0.15) is 0 Å². The maximum atomic E-state index is 14.6. The van der Waals surface area contributed by atoms with Gasteiger partial charge >= 0.3 is 19.3 Å². The molecule has 1 aromatic rings. The number of likely N-dealkylation sites (tertiary alicyclic amines) is 1. The zero-order chi connectivity index (χ0) is 40.4. The number of ether oxygens (including phenoxy) is 2. The van der Waals surface area contributed by atoms with Crippen LogP contribution >= 0.6 is 0 Å². The second kappa shape index (κ2) is 16.9. The van der Waals surface area contributed by atoms with Crippen LogP contribution in [0, 0.1) is 17.3 Å². The summed E-state index contributed by atoms with van der Waals surface area (Å²) in [5, 5.41) is 5.95. The van der Waals surface area contributed by atoms with E-state index < -0.39 is 60.5 Å². The lowest BCUT2D eigenvalue weighted by Gasteiger charge is -2.64. The number of nitrogens with one attached hydrogen (secondary N) is 2. The van der Waals surface area contributed by atoms with Crippen molar-refractivity contribution >= 4 is 31.1 Å². The monoisotopic (exact) mass is 774 g/mol. The van der Waals surface area contributed by atoms with Crippen LogP contribution < -0.4 is 10.6 Å². The third kappa shape index (κ3) is 8.99. The molecule has 7 rings (SSSR count). The predicted molar refractivity (Wildman–Crippen MR) is 214 cm³/mol. The smallest absolute Gasteiger partial charge is 0.444 e. The van der Waals surface area contributed by atoms with Crippen molar-refractivity contribution in [1.29, 1.82) is 0 Å². The van der Waals surface area contributed by atoms with E-state index in [0.29, 0.717) is 31.3 Å². The summed E-state index contributed by atoms with van der Waals surface area (Å²) in [6.07, 6.45) is 9.19. The number of unbranched alkanes of at least 4 members (excludes halogenated alkanes) is 4. The molecular weight excluding hydrogens is 711 g/mol. The van der Waals surface area contributed by atoms with Gasteiger partial charge in [-0.3, -0.25) is 14.5 Å². The van der Waals surface area contributed by atoms with Gasteiger partial charge in [0.2, 0.25) is 11.8 Å². The van der Waals surface area contributed by atoms with Crippen LogP contribution in [-0.2, 0) is 41.5 Å². The van der Waals surface area contributed by atoms with Crippen molar-refractivity contribution < 1.29 is 38.0 Å². The Morgan fingerprint density at radius 1 is 0.982 bits per heavy atom. The lowest BCUT2D eigenvalue weighted by molar-refractivity contribution is -0.199. The van der Waals surface area contributed by atoms with Gasteiger partial charge in [0.15, 0.2) is 0 Å². The van der Waals surface area contributed by atoms with Crippen molar-refractivity contribution in [3.05, 3.63) is 60.7 Å². The summed E-state index contributed by atoms with van der Waals surface area (Å²) >= 11 is 0. The number of benzene rings is 1. The van der Waals surface area contributed by atoms with E-state index in [4.69, 9.17) is 18.8 Å². The molecule has 1 aromatic carbocycles. The first-order valence-corrected chi connectivity index (χ1v) is 20.7. The normalized spacial score (nSPS) is 28.3. The molecule has 2 bridgehead atoms. The highest BCUT2D eigenvalue weighted by Gasteiger charge is 2.68. The summed E-state index contributed by atoms with van der Waals surface area (Å²) in [6, 6.07) is 5.84. The minimum atomic E-state index is -1.05. The van der Waals surface area contributed by atoms with E-state index in [9.17, 15) is 19.2 Å². The summed E-state index contributed by atoms with van der Waals surface area (Å²) in [7, 11) is -0.643. The van der Waals surface area contributed by atoms with Gasteiger partial charge in [-0.05, 0) is 94.6 Å². The number of amides is 4. The predicted octanol–water partition coefficient (Wildman–Crippen LogP) is 6.86. The molecule has 306 valence electrons. The Hall–Kier alpha value is -3.84. The number of allylic oxidation sites excluding steroid dienone is 1. The maximum absolute atomic E-state index is 14.6. The molecular formula is C43H63BN4O8. The number of hydrogen-bond donors (Lipinski definition) is 2. The van der Waals surface area contributed by atoms with Gasteiger partial charge in [-0.1, -0.05) is 69.5 Å². The number of fused-ring (bicyclic) bond motifs is 1. The maximum Gasteiger partial charge on any atom is 0.481 e. The number of hydrogen-bond acceptors (Lipinski definition) is 8. The van der Waals surface area contributed by atoms with Gasteiger partial charge in [-0.15, -0.1) is 13.2 Å². The first-order valence-electron chi connectivity index (χ1n) is 20.7. The van der Waals surface area contributed by atoms with Crippen molar-refractivity contribution in [3.63, 3.8) is 0 Å². The Morgan fingerprint density at radius 2 is 1.68 bits per heavy atom. The van der Waals surface area contributed by atoms with Gasteiger partial charge in [0, 0.05) is 19.5 Å². The van der Waals surface area contributed by atoms with Crippen molar-refractivity contribution in [2.45, 2.75) is 160 Å². The number of rotatable bonds is 15. The van der Waals surface area contributed by atoms with Crippen molar-refractivity contribution in [2.75, 3.05) is 6.54 Å². The van der Waals surface area contributed by atoms with Gasteiger partial charge in [0.1, 0.15) is 23.8 Å². The molecule has 0 spiro atoms. The van der Waals surface area contributed by atoms with Crippen LogP contribution in [0.15, 0.2) is 49.6 Å². The van der Waals surface area contributed by atoms with Crippen molar-refractivity contribution in [1.82, 2.24) is 20.4 Å². The number of nitrogens with zero attached hydrogens (tertiary/aromatic N) is 2. The van der Waals surface area contributed by atoms with Crippen LogP contribution in [0.3, 0.4) is 0 Å². The minimum Gasteiger partial charge on any atom is -0.444 e. The average Bonchev–Trinajstić information content (AvgIpc) is 3.86. The molecule has 12 nitrogen and oxygen atoms in total. The topological polar surface area (TPSA) is 136 Å². The highest BCUT2D eigenvalue weighted by atomic mass is 16.7. The molecule has 4 amide bonds. The van der Waals surface area contributed by atoms with E-state index in [2.05, 4.69) is 44.6 Å². The zero-order valence-corrected chi connectivity index (χ0v) is 34.3. The van der Waals surface area contributed by atoms with E-state index in [1.165, 1.54) is 4.90 Å². The quantitative estimate of drug-likeness (QED) is 0.112. The largest absolute Gasteiger partial charge is 0.481 e. The van der Waals surface area contributed by atoms with Crippen LogP contribution in [-0.4, -0.2) is 88.9 Å². The van der Waals surface area contributed by atoms with Gasteiger partial charge < -0.3 is 34.3 Å². The second-order valence-electron chi connectivity index (χ2n) is 18.3. The number of carbonyl (C=O) groups is 4. The van der Waals surface area contributed by atoms with Crippen LogP contribution in [0.4, 0.5) is 9.59 Å². The summed E-state index contributed by atoms with van der Waals surface area (Å²) < 4.78 is 25.1. The second-order valence-corrected chi connectivity index (χ2v) is 18.3. The molecule has 0 aromatic heterocycles. The van der Waals surface area contributed by atoms with E-state index >= 15 is 0 Å². The molecule has 3 aliphatic carbocycles. The molecule has 3 saturated carbocycles. The number of carbonyl (C=O) groups excluding carboxylic acids is 4. The molecule has 3 heterocycles. The van der Waals surface area contributed by atoms with Crippen molar-refractivity contribution in [3.8, 4) is 0 Å². The lowest BCUT2D eigenvalue weighted by Crippen LogP contribution is -2.65. The van der Waals surface area contributed by atoms with E-state index in [1.807, 2.05) is 30.3 Å². The van der Waals surface area contributed by atoms with Crippen LogP contribution in [0.1, 0.15) is 117 Å². The Kier molecular flexibility index (Phi) is 12.6. The van der Waals surface area contributed by atoms with E-state index in [-0.39, 0.29) is 36.8 Å². The Morgan fingerprint density at radius 3 is 2.32 bits per heavy atom. The SMILES string of the molecule is C=CCCCCCC[C@@H](NC(=O)[C@@H]1C[C@@H](OC(=O)N2Cc3ccccc3C2)CN1C(=O)[C@H](CC=C)NC(=O)OC(C)(C)C)B1OC2CC3CC(C3(C)C)C2(C)O1. The van der Waals surface area contributed by atoms with Gasteiger partial charge in [0.25, 0.3) is 0 Å². The molecule has 2 saturated heterocycles. The summed E-state index contributed by atoms with van der Waals surface area (Å²) in [5.74, 6) is -0.393. The van der Waals surface area contributed by atoms with Gasteiger partial charge in [0.05, 0.1) is 24.2 Å². The third-order valence-corrected chi connectivity index (χ3v) is 12.9. The summed E-state index contributed by atoms with van der Waals surface area (Å²) in [5.41, 5.74) is 1.04. The molecule has 6 aliphatic rings. The van der Waals surface area contributed by atoms with Crippen LogP contribution in [0.5, 0.6) is 0 Å². The molecule has 56 heavy (non-hydrogen) atoms. The fraction of sp³-hybridized carbons (Fsp3) is 0.674. The van der Waals surface area contributed by atoms with E-state index in [1.54, 1.807) is 31.7 Å².